The van der Waals surface area contributed by atoms with E-state index in [0.29, 0.717) is 18.5 Å². The average molecular weight is 408 g/mol. The van der Waals surface area contributed by atoms with Crippen molar-refractivity contribution in [1.82, 2.24) is 0 Å². The summed E-state index contributed by atoms with van der Waals surface area (Å²) in [4.78, 5) is 38.7. The molecule has 0 aliphatic carbocycles. The average Bonchev–Trinajstić information content (AvgIpc) is 3.15. The number of aryl methyl sites for hydroxylation is 1. The number of para-hydroxylation sites is 1. The number of benzene rings is 2. The first kappa shape index (κ1) is 21.6. The predicted molar refractivity (Wildman–Crippen MR) is 117 cm³/mol. The van der Waals surface area contributed by atoms with Gasteiger partial charge in [-0.1, -0.05) is 32.0 Å². The molecule has 0 spiro atoms. The molecule has 1 unspecified atom stereocenters. The second kappa shape index (κ2) is 9.11. The molecule has 2 aromatic rings. The van der Waals surface area contributed by atoms with Crippen molar-refractivity contribution in [2.24, 2.45) is 0 Å². The molecular weight excluding hydrogens is 380 g/mol. The van der Waals surface area contributed by atoms with Gasteiger partial charge in [0.25, 0.3) is 5.91 Å². The summed E-state index contributed by atoms with van der Waals surface area (Å²) in [5.74, 6) is -0.615. The molecule has 0 bridgehead atoms. The van der Waals surface area contributed by atoms with Crippen molar-refractivity contribution >= 4 is 29.2 Å². The molecule has 1 heterocycles. The third-order valence-electron chi connectivity index (χ3n) is 5.32. The minimum atomic E-state index is -0.947. The molecule has 2 aromatic carbocycles. The lowest BCUT2D eigenvalue weighted by Crippen LogP contribution is -2.30. The third kappa shape index (κ3) is 4.70. The Morgan fingerprint density at radius 1 is 1.07 bits per heavy atom. The molecule has 1 saturated heterocycles. The van der Waals surface area contributed by atoms with E-state index in [4.69, 9.17) is 4.74 Å². The Labute approximate surface area is 177 Å². The van der Waals surface area contributed by atoms with Crippen molar-refractivity contribution in [3.05, 3.63) is 59.2 Å². The van der Waals surface area contributed by atoms with E-state index in [1.165, 1.54) is 0 Å². The van der Waals surface area contributed by atoms with Crippen molar-refractivity contribution < 1.29 is 19.1 Å². The number of hydrogen-bond donors (Lipinski definition) is 1. The van der Waals surface area contributed by atoms with Crippen molar-refractivity contribution in [3.63, 3.8) is 0 Å². The van der Waals surface area contributed by atoms with Gasteiger partial charge in [0.2, 0.25) is 5.91 Å². The van der Waals surface area contributed by atoms with Gasteiger partial charge in [0.1, 0.15) is 0 Å². The maximum Gasteiger partial charge on any atom is 0.338 e. The number of esters is 1. The predicted octanol–water partition coefficient (Wildman–Crippen LogP) is 4.43. The number of nitrogens with one attached hydrogen (secondary N) is 1. The van der Waals surface area contributed by atoms with E-state index < -0.39 is 12.1 Å². The Balaban J connectivity index is 1.64. The molecular formula is C24H28N2O4. The van der Waals surface area contributed by atoms with Crippen LogP contribution in [0.25, 0.3) is 0 Å². The van der Waals surface area contributed by atoms with Gasteiger partial charge in [-0.05, 0) is 61.6 Å². The molecule has 3 rings (SSSR count). The number of anilines is 2. The van der Waals surface area contributed by atoms with Crippen LogP contribution in [0.5, 0.6) is 0 Å². The van der Waals surface area contributed by atoms with Gasteiger partial charge < -0.3 is 15.0 Å². The van der Waals surface area contributed by atoms with Gasteiger partial charge in [-0.3, -0.25) is 9.59 Å². The summed E-state index contributed by atoms with van der Waals surface area (Å²) in [6, 6.07) is 12.6. The summed E-state index contributed by atoms with van der Waals surface area (Å²) < 4.78 is 5.37. The van der Waals surface area contributed by atoms with Crippen molar-refractivity contribution in [3.8, 4) is 0 Å². The third-order valence-corrected chi connectivity index (χ3v) is 5.32. The number of amides is 2. The van der Waals surface area contributed by atoms with E-state index in [1.54, 1.807) is 36.1 Å². The van der Waals surface area contributed by atoms with E-state index in [2.05, 4.69) is 19.2 Å². The van der Waals surface area contributed by atoms with E-state index in [-0.39, 0.29) is 17.7 Å². The highest BCUT2D eigenvalue weighted by atomic mass is 16.5. The molecule has 6 heteroatoms. The Kier molecular flexibility index (Phi) is 6.55. The van der Waals surface area contributed by atoms with Crippen LogP contribution in [0.4, 0.5) is 11.4 Å². The van der Waals surface area contributed by atoms with Crippen molar-refractivity contribution in [2.45, 2.75) is 52.6 Å². The fraction of sp³-hybridized carbons (Fsp3) is 0.375. The van der Waals surface area contributed by atoms with Gasteiger partial charge in [-0.25, -0.2) is 4.79 Å². The van der Waals surface area contributed by atoms with E-state index >= 15 is 0 Å². The molecule has 1 aliphatic rings. The van der Waals surface area contributed by atoms with Crippen LogP contribution in [0.3, 0.4) is 0 Å². The fourth-order valence-corrected chi connectivity index (χ4v) is 3.55. The van der Waals surface area contributed by atoms with Gasteiger partial charge in [-0.15, -0.1) is 0 Å². The first-order valence-electron chi connectivity index (χ1n) is 10.3. The zero-order valence-corrected chi connectivity index (χ0v) is 17.9. The molecule has 6 nitrogen and oxygen atoms in total. The van der Waals surface area contributed by atoms with Crippen LogP contribution >= 0.6 is 0 Å². The lowest BCUT2D eigenvalue weighted by molar-refractivity contribution is -0.123. The van der Waals surface area contributed by atoms with Gasteiger partial charge in [-0.2, -0.15) is 0 Å². The summed E-state index contributed by atoms with van der Waals surface area (Å²) >= 11 is 0. The smallest absolute Gasteiger partial charge is 0.338 e. The number of carbonyl (C=O) groups excluding carboxylic acids is 3. The second-order valence-electron chi connectivity index (χ2n) is 7.93. The van der Waals surface area contributed by atoms with Crippen LogP contribution in [-0.4, -0.2) is 30.4 Å². The van der Waals surface area contributed by atoms with Gasteiger partial charge in [0.15, 0.2) is 6.10 Å². The maximum atomic E-state index is 12.6. The lowest BCUT2D eigenvalue weighted by Gasteiger charge is -2.19. The summed E-state index contributed by atoms with van der Waals surface area (Å²) in [7, 11) is 0. The van der Waals surface area contributed by atoms with Gasteiger partial charge >= 0.3 is 5.97 Å². The number of hydrogen-bond acceptors (Lipinski definition) is 4. The SMILES string of the molecule is Cc1cccc(C(C)C)c1NC(=O)C(C)OC(=O)c1ccc(N2CCCC2=O)cc1. The van der Waals surface area contributed by atoms with Crippen LogP contribution < -0.4 is 10.2 Å². The minimum absolute atomic E-state index is 0.0904. The van der Waals surface area contributed by atoms with Crippen LogP contribution in [-0.2, 0) is 14.3 Å². The second-order valence-corrected chi connectivity index (χ2v) is 7.93. The zero-order chi connectivity index (χ0) is 21.8. The van der Waals surface area contributed by atoms with E-state index in [9.17, 15) is 14.4 Å². The highest BCUT2D eigenvalue weighted by Crippen LogP contribution is 2.28. The number of nitrogens with zero attached hydrogens (tertiary/aromatic N) is 1. The normalized spacial score (nSPS) is 14.7. The molecule has 1 fully saturated rings. The van der Waals surface area contributed by atoms with Gasteiger partial charge in [0, 0.05) is 24.3 Å². The van der Waals surface area contributed by atoms with E-state index in [0.717, 1.165) is 28.9 Å². The van der Waals surface area contributed by atoms with Gasteiger partial charge in [0.05, 0.1) is 5.56 Å². The number of rotatable bonds is 6. The number of carbonyl (C=O) groups is 3. The first-order chi connectivity index (χ1) is 14.3. The standard InChI is InChI=1S/C24H28N2O4/c1-15(2)20-8-5-7-16(3)22(20)25-23(28)17(4)30-24(29)18-10-12-19(13-11-18)26-14-6-9-21(26)27/h5,7-8,10-13,15,17H,6,9,14H2,1-4H3,(H,25,28). The Morgan fingerprint density at radius 3 is 2.37 bits per heavy atom. The summed E-state index contributed by atoms with van der Waals surface area (Å²) in [5, 5.41) is 2.91. The molecule has 30 heavy (non-hydrogen) atoms. The highest BCUT2D eigenvalue weighted by molar-refractivity contribution is 5.99. The highest BCUT2D eigenvalue weighted by Gasteiger charge is 2.23. The lowest BCUT2D eigenvalue weighted by atomic mass is 9.98. The topological polar surface area (TPSA) is 75.7 Å². The molecule has 158 valence electrons. The molecule has 0 aromatic heterocycles. The first-order valence-corrected chi connectivity index (χ1v) is 10.3. The molecule has 0 radical (unpaired) electrons. The minimum Gasteiger partial charge on any atom is -0.449 e. The monoisotopic (exact) mass is 408 g/mol. The van der Waals surface area contributed by atoms with Crippen LogP contribution in [0, 0.1) is 6.92 Å². The molecule has 0 saturated carbocycles. The Morgan fingerprint density at radius 2 is 1.77 bits per heavy atom. The summed E-state index contributed by atoms with van der Waals surface area (Å²) in [6.45, 7) is 8.31. The molecule has 2 amide bonds. The summed E-state index contributed by atoms with van der Waals surface area (Å²) in [5.41, 5.74) is 3.86. The van der Waals surface area contributed by atoms with Crippen molar-refractivity contribution in [2.75, 3.05) is 16.8 Å². The quantitative estimate of drug-likeness (QED) is 0.718. The number of ether oxygens (including phenoxy) is 1. The van der Waals surface area contributed by atoms with Crippen LogP contribution in [0.15, 0.2) is 42.5 Å². The van der Waals surface area contributed by atoms with Crippen molar-refractivity contribution in [1.29, 1.82) is 0 Å². The molecule has 1 aliphatic heterocycles. The molecule has 1 atom stereocenters. The Hall–Kier alpha value is -3.15. The maximum absolute atomic E-state index is 12.6. The largest absolute Gasteiger partial charge is 0.449 e. The Bertz CT molecular complexity index is 950. The fourth-order valence-electron chi connectivity index (χ4n) is 3.55. The zero-order valence-electron chi connectivity index (χ0n) is 17.9. The summed E-state index contributed by atoms with van der Waals surface area (Å²) in [6.07, 6.45) is 0.446. The van der Waals surface area contributed by atoms with Crippen LogP contribution in [0.2, 0.25) is 0 Å². The van der Waals surface area contributed by atoms with E-state index in [1.807, 2.05) is 25.1 Å². The molecule has 1 N–H and O–H groups in total. The van der Waals surface area contributed by atoms with Crippen LogP contribution in [0.1, 0.15) is 61.0 Å².